The number of fused-ring (bicyclic) bond motifs is 1. The average molecular weight is 284 g/mol. The quantitative estimate of drug-likeness (QED) is 0.900. The first-order chi connectivity index (χ1) is 10.3. The Kier molecular flexibility index (Phi) is 3.24. The first kappa shape index (κ1) is 13.0. The number of aromatic nitrogens is 2. The van der Waals surface area contributed by atoms with Gasteiger partial charge < -0.3 is 10.0 Å². The molecule has 2 atom stereocenters. The molecule has 0 radical (unpaired) electrons. The zero-order valence-corrected chi connectivity index (χ0v) is 12.0. The molecule has 4 rings (SSSR count). The largest absolute Gasteiger partial charge is 0.390 e. The van der Waals surface area contributed by atoms with Crippen LogP contribution in [0.25, 0.3) is 11.0 Å². The normalized spacial score (nSPS) is 26.8. The van der Waals surface area contributed by atoms with Crippen molar-refractivity contribution in [2.75, 3.05) is 31.1 Å². The lowest BCUT2D eigenvalue weighted by Gasteiger charge is -2.25. The highest BCUT2D eigenvalue weighted by Gasteiger charge is 2.37. The fourth-order valence-electron chi connectivity index (χ4n) is 3.49. The number of benzene rings is 1. The van der Waals surface area contributed by atoms with Gasteiger partial charge in [-0.15, -0.1) is 0 Å². The summed E-state index contributed by atoms with van der Waals surface area (Å²) in [5.41, 5.74) is 1.83. The lowest BCUT2D eigenvalue weighted by Crippen LogP contribution is -2.41. The number of aliphatic hydroxyl groups excluding tert-OH is 1. The molecule has 1 N–H and O–H groups in total. The van der Waals surface area contributed by atoms with Crippen molar-refractivity contribution in [3.63, 3.8) is 0 Å². The number of nitrogens with zero attached hydrogens (tertiary/aromatic N) is 4. The van der Waals surface area contributed by atoms with Gasteiger partial charge in [0.1, 0.15) is 5.82 Å². The van der Waals surface area contributed by atoms with E-state index < -0.39 is 0 Å². The maximum absolute atomic E-state index is 10.4. The highest BCUT2D eigenvalue weighted by molar-refractivity contribution is 5.75. The molecule has 2 saturated heterocycles. The minimum Gasteiger partial charge on any atom is -0.390 e. The summed E-state index contributed by atoms with van der Waals surface area (Å²) in [4.78, 5) is 13.7. The van der Waals surface area contributed by atoms with E-state index in [1.165, 1.54) is 12.8 Å². The van der Waals surface area contributed by atoms with E-state index in [0.29, 0.717) is 6.54 Å². The van der Waals surface area contributed by atoms with Crippen LogP contribution in [0.5, 0.6) is 0 Å². The van der Waals surface area contributed by atoms with Gasteiger partial charge in [0.2, 0.25) is 0 Å². The lowest BCUT2D eigenvalue weighted by atomic mass is 10.2. The van der Waals surface area contributed by atoms with Crippen LogP contribution in [0, 0.1) is 0 Å². The number of aliphatic hydroxyl groups is 1. The van der Waals surface area contributed by atoms with E-state index in [0.717, 1.165) is 36.5 Å². The fourth-order valence-corrected chi connectivity index (χ4v) is 3.49. The summed E-state index contributed by atoms with van der Waals surface area (Å²) in [6.45, 7) is 3.71. The summed E-state index contributed by atoms with van der Waals surface area (Å²) < 4.78 is 0. The minimum absolute atomic E-state index is 0.237. The first-order valence-electron chi connectivity index (χ1n) is 7.70. The summed E-state index contributed by atoms with van der Waals surface area (Å²) in [5.74, 6) is 0.870. The third-order valence-corrected chi connectivity index (χ3v) is 4.63. The molecule has 3 heterocycles. The summed E-state index contributed by atoms with van der Waals surface area (Å²) >= 11 is 0. The predicted octanol–water partition coefficient (Wildman–Crippen LogP) is 1.28. The monoisotopic (exact) mass is 284 g/mol. The summed E-state index contributed by atoms with van der Waals surface area (Å²) in [6.07, 6.45) is 4.02. The maximum Gasteiger partial charge on any atom is 0.147 e. The van der Waals surface area contributed by atoms with Crippen LogP contribution >= 0.6 is 0 Å². The number of likely N-dealkylation sites (tertiary alicyclic amines) is 1. The molecule has 0 bridgehead atoms. The van der Waals surface area contributed by atoms with Crippen molar-refractivity contribution >= 4 is 16.9 Å². The first-order valence-corrected chi connectivity index (χ1v) is 7.70. The average Bonchev–Trinajstić information content (AvgIpc) is 3.16. The van der Waals surface area contributed by atoms with Gasteiger partial charge in [-0.25, -0.2) is 4.98 Å². The standard InChI is InChI=1S/C16H20N4O/c21-15-11-20(10-14(15)19-7-3-4-8-19)16-9-17-12-5-1-2-6-13(12)18-16/h1-2,5-6,9,14-15,21H,3-4,7-8,10-11H2/t14-,15-/m0/s1. The number of hydrogen-bond donors (Lipinski definition) is 1. The molecular weight excluding hydrogens is 264 g/mol. The Morgan fingerprint density at radius 1 is 1.05 bits per heavy atom. The van der Waals surface area contributed by atoms with Gasteiger partial charge in [-0.05, 0) is 38.1 Å². The van der Waals surface area contributed by atoms with Gasteiger partial charge in [0.15, 0.2) is 0 Å². The smallest absolute Gasteiger partial charge is 0.147 e. The second-order valence-electron chi connectivity index (χ2n) is 6.00. The van der Waals surface area contributed by atoms with Gasteiger partial charge in [0.05, 0.1) is 29.4 Å². The van der Waals surface area contributed by atoms with Crippen molar-refractivity contribution in [3.05, 3.63) is 30.5 Å². The van der Waals surface area contributed by atoms with E-state index in [9.17, 15) is 5.11 Å². The van der Waals surface area contributed by atoms with Crippen molar-refractivity contribution in [1.82, 2.24) is 14.9 Å². The van der Waals surface area contributed by atoms with E-state index in [4.69, 9.17) is 0 Å². The highest BCUT2D eigenvalue weighted by atomic mass is 16.3. The van der Waals surface area contributed by atoms with Crippen LogP contribution in [0.15, 0.2) is 30.5 Å². The Morgan fingerprint density at radius 3 is 2.62 bits per heavy atom. The third-order valence-electron chi connectivity index (χ3n) is 4.63. The molecule has 0 spiro atoms. The molecular formula is C16H20N4O. The highest BCUT2D eigenvalue weighted by Crippen LogP contribution is 2.25. The van der Waals surface area contributed by atoms with Gasteiger partial charge in [-0.2, -0.15) is 0 Å². The molecule has 2 fully saturated rings. The van der Waals surface area contributed by atoms with Crippen molar-refractivity contribution in [1.29, 1.82) is 0 Å². The number of anilines is 1. The van der Waals surface area contributed by atoms with Crippen LogP contribution in [-0.4, -0.2) is 58.3 Å². The second-order valence-corrected chi connectivity index (χ2v) is 6.00. The Bertz CT molecular complexity index is 641. The molecule has 2 aromatic rings. The van der Waals surface area contributed by atoms with E-state index in [-0.39, 0.29) is 12.1 Å². The SMILES string of the molecule is O[C@H]1CN(c2cnc3ccccc3n2)C[C@@H]1N1CCCC1. The molecule has 0 amide bonds. The van der Waals surface area contributed by atoms with Gasteiger partial charge in [-0.3, -0.25) is 9.88 Å². The summed E-state index contributed by atoms with van der Waals surface area (Å²) in [6, 6.07) is 8.14. The molecule has 5 nitrogen and oxygen atoms in total. The third kappa shape index (κ3) is 2.36. The zero-order valence-electron chi connectivity index (χ0n) is 12.0. The van der Waals surface area contributed by atoms with Crippen LogP contribution in [0.4, 0.5) is 5.82 Å². The zero-order chi connectivity index (χ0) is 14.2. The number of rotatable bonds is 2. The van der Waals surface area contributed by atoms with E-state index in [1.807, 2.05) is 30.5 Å². The molecule has 2 aliphatic rings. The Hall–Kier alpha value is -1.72. The molecule has 0 saturated carbocycles. The molecule has 110 valence electrons. The molecule has 2 aliphatic heterocycles. The second kappa shape index (κ2) is 5.24. The summed E-state index contributed by atoms with van der Waals surface area (Å²) in [5, 5.41) is 10.4. The molecule has 21 heavy (non-hydrogen) atoms. The molecule has 5 heteroatoms. The van der Waals surface area contributed by atoms with Crippen LogP contribution in [0.2, 0.25) is 0 Å². The number of β-amino-alcohol motifs (C(OH)–C–C–N with tert-alkyl or cyclic N) is 1. The molecule has 1 aromatic carbocycles. The van der Waals surface area contributed by atoms with Gasteiger partial charge >= 0.3 is 0 Å². The Balaban J connectivity index is 1.58. The van der Waals surface area contributed by atoms with Gasteiger partial charge in [0, 0.05) is 13.1 Å². The fraction of sp³-hybridized carbons (Fsp3) is 0.500. The molecule has 0 aliphatic carbocycles. The van der Waals surface area contributed by atoms with Crippen molar-refractivity contribution < 1.29 is 5.11 Å². The van der Waals surface area contributed by atoms with Crippen LogP contribution < -0.4 is 4.90 Å². The van der Waals surface area contributed by atoms with Crippen LogP contribution in [0.3, 0.4) is 0 Å². The van der Waals surface area contributed by atoms with E-state index in [1.54, 1.807) is 0 Å². The van der Waals surface area contributed by atoms with Crippen LogP contribution in [0.1, 0.15) is 12.8 Å². The maximum atomic E-state index is 10.4. The number of para-hydroxylation sites is 2. The van der Waals surface area contributed by atoms with Crippen molar-refractivity contribution in [2.24, 2.45) is 0 Å². The minimum atomic E-state index is -0.295. The Labute approximate surface area is 124 Å². The van der Waals surface area contributed by atoms with Crippen LogP contribution in [-0.2, 0) is 0 Å². The lowest BCUT2D eigenvalue weighted by molar-refractivity contribution is 0.0986. The van der Waals surface area contributed by atoms with E-state index in [2.05, 4.69) is 19.8 Å². The number of hydrogen-bond acceptors (Lipinski definition) is 5. The Morgan fingerprint density at radius 2 is 1.81 bits per heavy atom. The van der Waals surface area contributed by atoms with Gasteiger partial charge in [0.25, 0.3) is 0 Å². The van der Waals surface area contributed by atoms with E-state index >= 15 is 0 Å². The summed E-state index contributed by atoms with van der Waals surface area (Å²) in [7, 11) is 0. The molecule has 1 aromatic heterocycles. The van der Waals surface area contributed by atoms with Crippen molar-refractivity contribution in [2.45, 2.75) is 25.0 Å². The topological polar surface area (TPSA) is 52.5 Å². The predicted molar refractivity (Wildman–Crippen MR) is 82.4 cm³/mol. The van der Waals surface area contributed by atoms with Crippen molar-refractivity contribution in [3.8, 4) is 0 Å². The van der Waals surface area contributed by atoms with Gasteiger partial charge in [-0.1, -0.05) is 12.1 Å². The molecule has 0 unspecified atom stereocenters.